The molecular formula is C15H14N2O2. The van der Waals surface area contributed by atoms with Crippen molar-refractivity contribution >= 4 is 0 Å². The SMILES string of the molecule is Cc1ccnc(Oc2ccc(CCO)cc2)c1C#N. The number of aliphatic hydroxyl groups excluding tert-OH is 1. The Morgan fingerprint density at radius 1 is 1.26 bits per heavy atom. The highest BCUT2D eigenvalue weighted by Gasteiger charge is 2.08. The molecule has 0 amide bonds. The number of aromatic nitrogens is 1. The molecule has 0 bridgehead atoms. The highest BCUT2D eigenvalue weighted by molar-refractivity contribution is 5.45. The molecule has 4 nitrogen and oxygen atoms in total. The van der Waals surface area contributed by atoms with E-state index < -0.39 is 0 Å². The summed E-state index contributed by atoms with van der Waals surface area (Å²) in [7, 11) is 0. The molecule has 0 aliphatic carbocycles. The Morgan fingerprint density at radius 2 is 2.00 bits per heavy atom. The van der Waals surface area contributed by atoms with Crippen molar-refractivity contribution in [1.29, 1.82) is 5.26 Å². The van der Waals surface area contributed by atoms with Gasteiger partial charge < -0.3 is 9.84 Å². The number of ether oxygens (including phenoxy) is 1. The van der Waals surface area contributed by atoms with Gasteiger partial charge in [-0.3, -0.25) is 0 Å². The van der Waals surface area contributed by atoms with Gasteiger partial charge in [0.25, 0.3) is 0 Å². The molecule has 1 aromatic heterocycles. The summed E-state index contributed by atoms with van der Waals surface area (Å²) in [5, 5.41) is 17.9. The lowest BCUT2D eigenvalue weighted by molar-refractivity contribution is 0.299. The minimum absolute atomic E-state index is 0.123. The maximum atomic E-state index is 9.09. The third-order valence-corrected chi connectivity index (χ3v) is 2.77. The van der Waals surface area contributed by atoms with Crippen LogP contribution in [0.4, 0.5) is 0 Å². The van der Waals surface area contributed by atoms with Crippen molar-refractivity contribution in [1.82, 2.24) is 4.98 Å². The van der Waals surface area contributed by atoms with Crippen molar-refractivity contribution in [3.8, 4) is 17.7 Å². The van der Waals surface area contributed by atoms with Crippen LogP contribution in [-0.4, -0.2) is 16.7 Å². The fraction of sp³-hybridized carbons (Fsp3) is 0.200. The summed E-state index contributed by atoms with van der Waals surface area (Å²) >= 11 is 0. The van der Waals surface area contributed by atoms with Crippen LogP contribution < -0.4 is 4.74 Å². The summed E-state index contributed by atoms with van der Waals surface area (Å²) < 4.78 is 5.62. The van der Waals surface area contributed by atoms with E-state index in [-0.39, 0.29) is 6.61 Å². The molecular weight excluding hydrogens is 240 g/mol. The fourth-order valence-corrected chi connectivity index (χ4v) is 1.71. The molecule has 96 valence electrons. The Kier molecular flexibility index (Phi) is 4.11. The zero-order valence-corrected chi connectivity index (χ0v) is 10.6. The van der Waals surface area contributed by atoms with Crippen LogP contribution in [0.2, 0.25) is 0 Å². The van der Waals surface area contributed by atoms with Crippen molar-refractivity contribution in [3.05, 3.63) is 53.2 Å². The van der Waals surface area contributed by atoms with E-state index in [0.29, 0.717) is 23.6 Å². The molecule has 19 heavy (non-hydrogen) atoms. The van der Waals surface area contributed by atoms with Gasteiger partial charge in [-0.25, -0.2) is 4.98 Å². The van der Waals surface area contributed by atoms with Gasteiger partial charge in [0.05, 0.1) is 0 Å². The van der Waals surface area contributed by atoms with E-state index in [1.807, 2.05) is 19.1 Å². The van der Waals surface area contributed by atoms with Crippen molar-refractivity contribution in [2.24, 2.45) is 0 Å². The predicted octanol–water partition coefficient (Wildman–Crippen LogP) is 2.59. The lowest BCUT2D eigenvalue weighted by atomic mass is 10.1. The number of pyridine rings is 1. The Bertz CT molecular complexity index is 601. The molecule has 1 heterocycles. The molecule has 2 aromatic rings. The first-order chi connectivity index (χ1) is 9.24. The monoisotopic (exact) mass is 254 g/mol. The summed E-state index contributed by atoms with van der Waals surface area (Å²) in [6.45, 7) is 1.97. The van der Waals surface area contributed by atoms with Gasteiger partial charge in [-0.15, -0.1) is 0 Å². The zero-order valence-electron chi connectivity index (χ0n) is 10.6. The average Bonchev–Trinajstić information content (AvgIpc) is 2.42. The summed E-state index contributed by atoms with van der Waals surface area (Å²) in [6.07, 6.45) is 2.23. The second-order valence-electron chi connectivity index (χ2n) is 4.14. The molecule has 1 aromatic carbocycles. The average molecular weight is 254 g/mol. The Balaban J connectivity index is 2.22. The van der Waals surface area contributed by atoms with E-state index in [9.17, 15) is 0 Å². The summed E-state index contributed by atoms with van der Waals surface area (Å²) in [5.74, 6) is 0.939. The number of hydrogen-bond donors (Lipinski definition) is 1. The first kappa shape index (κ1) is 13.1. The third kappa shape index (κ3) is 3.09. The number of nitrogens with zero attached hydrogens (tertiary/aromatic N) is 2. The molecule has 0 saturated heterocycles. The third-order valence-electron chi connectivity index (χ3n) is 2.77. The second kappa shape index (κ2) is 5.98. The van der Waals surface area contributed by atoms with Gasteiger partial charge in [0, 0.05) is 12.8 Å². The van der Waals surface area contributed by atoms with E-state index >= 15 is 0 Å². The molecule has 4 heteroatoms. The lowest BCUT2D eigenvalue weighted by Crippen LogP contribution is -1.95. The van der Waals surface area contributed by atoms with Crippen LogP contribution in [0, 0.1) is 18.3 Å². The Hall–Kier alpha value is -2.38. The quantitative estimate of drug-likeness (QED) is 0.910. The van der Waals surface area contributed by atoms with E-state index in [0.717, 1.165) is 11.1 Å². The van der Waals surface area contributed by atoms with Crippen LogP contribution >= 0.6 is 0 Å². The molecule has 0 spiro atoms. The zero-order chi connectivity index (χ0) is 13.7. The summed E-state index contributed by atoms with van der Waals surface area (Å²) in [4.78, 5) is 4.08. The van der Waals surface area contributed by atoms with Crippen molar-refractivity contribution in [2.75, 3.05) is 6.61 Å². The van der Waals surface area contributed by atoms with Crippen molar-refractivity contribution in [2.45, 2.75) is 13.3 Å². The molecule has 0 saturated carbocycles. The fourth-order valence-electron chi connectivity index (χ4n) is 1.71. The number of rotatable bonds is 4. The Morgan fingerprint density at radius 3 is 2.63 bits per heavy atom. The molecule has 1 N–H and O–H groups in total. The second-order valence-corrected chi connectivity index (χ2v) is 4.14. The van der Waals surface area contributed by atoms with Crippen LogP contribution in [0.1, 0.15) is 16.7 Å². The van der Waals surface area contributed by atoms with Crippen LogP contribution in [0.25, 0.3) is 0 Å². The molecule has 2 rings (SSSR count). The van der Waals surface area contributed by atoms with E-state index in [1.54, 1.807) is 24.4 Å². The van der Waals surface area contributed by atoms with Gasteiger partial charge in [0.1, 0.15) is 17.4 Å². The highest BCUT2D eigenvalue weighted by Crippen LogP contribution is 2.24. The summed E-state index contributed by atoms with van der Waals surface area (Å²) in [6, 6.07) is 11.2. The van der Waals surface area contributed by atoms with Crippen LogP contribution in [-0.2, 0) is 6.42 Å². The number of aryl methyl sites for hydroxylation is 1. The van der Waals surface area contributed by atoms with Gasteiger partial charge in [-0.2, -0.15) is 5.26 Å². The smallest absolute Gasteiger partial charge is 0.237 e. The van der Waals surface area contributed by atoms with Crippen molar-refractivity contribution in [3.63, 3.8) is 0 Å². The van der Waals surface area contributed by atoms with Gasteiger partial charge in [0.15, 0.2) is 0 Å². The standard InChI is InChI=1S/C15H14N2O2/c1-11-6-8-17-15(14(11)10-16)19-13-4-2-12(3-5-13)7-9-18/h2-6,8,18H,7,9H2,1H3. The molecule has 0 radical (unpaired) electrons. The van der Waals surface area contributed by atoms with Crippen LogP contribution in [0.3, 0.4) is 0 Å². The minimum Gasteiger partial charge on any atom is -0.438 e. The van der Waals surface area contributed by atoms with Gasteiger partial charge in [0.2, 0.25) is 5.88 Å². The minimum atomic E-state index is 0.123. The summed E-state index contributed by atoms with van der Waals surface area (Å²) in [5.41, 5.74) is 2.32. The van der Waals surface area contributed by atoms with Crippen molar-refractivity contribution < 1.29 is 9.84 Å². The highest BCUT2D eigenvalue weighted by atomic mass is 16.5. The molecule has 0 unspecified atom stereocenters. The number of nitriles is 1. The lowest BCUT2D eigenvalue weighted by Gasteiger charge is -2.08. The van der Waals surface area contributed by atoms with Crippen LogP contribution in [0.5, 0.6) is 11.6 Å². The van der Waals surface area contributed by atoms with Gasteiger partial charge in [-0.1, -0.05) is 12.1 Å². The van der Waals surface area contributed by atoms with Gasteiger partial charge in [-0.05, 0) is 42.7 Å². The van der Waals surface area contributed by atoms with Gasteiger partial charge >= 0.3 is 0 Å². The largest absolute Gasteiger partial charge is 0.438 e. The first-order valence-corrected chi connectivity index (χ1v) is 5.98. The van der Waals surface area contributed by atoms with E-state index in [1.165, 1.54) is 0 Å². The van der Waals surface area contributed by atoms with E-state index in [2.05, 4.69) is 11.1 Å². The first-order valence-electron chi connectivity index (χ1n) is 5.98. The van der Waals surface area contributed by atoms with Crippen LogP contribution in [0.15, 0.2) is 36.5 Å². The Labute approximate surface area is 111 Å². The molecule has 0 atom stereocenters. The van der Waals surface area contributed by atoms with E-state index in [4.69, 9.17) is 15.1 Å². The molecule has 0 fully saturated rings. The number of aliphatic hydroxyl groups is 1. The number of benzene rings is 1. The maximum Gasteiger partial charge on any atom is 0.237 e. The topological polar surface area (TPSA) is 66.1 Å². The normalized spacial score (nSPS) is 9.95. The predicted molar refractivity (Wildman–Crippen MR) is 71.0 cm³/mol. The number of hydrogen-bond acceptors (Lipinski definition) is 4. The molecule has 0 aliphatic heterocycles. The molecule has 0 aliphatic rings. The maximum absolute atomic E-state index is 9.09.